The molecule has 2 aliphatic heterocycles. The van der Waals surface area contributed by atoms with Gasteiger partial charge in [-0.15, -0.1) is 0 Å². The number of rotatable bonds is 9. The number of likely N-dealkylation sites (N-methyl/N-ethyl adjacent to an activating group) is 1. The highest BCUT2D eigenvalue weighted by Crippen LogP contribution is 2.28. The lowest BCUT2D eigenvalue weighted by Gasteiger charge is -2.43. The average molecular weight is 548 g/mol. The van der Waals surface area contributed by atoms with Gasteiger partial charge in [-0.05, 0) is 37.7 Å². The van der Waals surface area contributed by atoms with Crippen LogP contribution in [0.15, 0.2) is 22.7 Å². The zero-order valence-electron chi connectivity index (χ0n) is 22.7. The van der Waals surface area contributed by atoms with E-state index in [4.69, 9.17) is 25.6 Å². The van der Waals surface area contributed by atoms with Gasteiger partial charge in [-0.1, -0.05) is 30.6 Å². The van der Waals surface area contributed by atoms with Crippen LogP contribution >= 0.6 is 11.6 Å². The van der Waals surface area contributed by atoms with Crippen molar-refractivity contribution < 1.29 is 23.6 Å². The van der Waals surface area contributed by atoms with Crippen molar-refractivity contribution >= 4 is 23.4 Å². The van der Waals surface area contributed by atoms with Crippen molar-refractivity contribution in [3.05, 3.63) is 40.5 Å². The number of carbonyl (C=O) groups excluding carboxylic acids is 2. The molecule has 0 N–H and O–H groups in total. The standard InChI is InChI=1S/C27H38ClN5O5/c1-19(2)26-29-23(38-30-26)7-8-24(34)33-13-14-37-27(17-33,16-25(35)32-11-9-31(4)10-12-32)18-36-21-5-6-22(28)20(3)15-21/h5-6,15,19H,7-14,16-18H2,1-4H3. The zero-order chi connectivity index (χ0) is 27.3. The first-order valence-electron chi connectivity index (χ1n) is 13.2. The third-order valence-electron chi connectivity index (χ3n) is 7.11. The first-order chi connectivity index (χ1) is 18.1. The van der Waals surface area contributed by atoms with Crippen LogP contribution in [0.4, 0.5) is 0 Å². The summed E-state index contributed by atoms with van der Waals surface area (Å²) in [7, 11) is 2.05. The molecule has 11 heteroatoms. The molecule has 1 atom stereocenters. The lowest BCUT2D eigenvalue weighted by atomic mass is 9.96. The van der Waals surface area contributed by atoms with E-state index in [9.17, 15) is 9.59 Å². The van der Waals surface area contributed by atoms with E-state index in [0.717, 1.165) is 18.7 Å². The minimum atomic E-state index is -0.961. The number of hydrogen-bond donors (Lipinski definition) is 0. The largest absolute Gasteiger partial charge is 0.490 e. The molecule has 208 valence electrons. The molecule has 1 unspecified atom stereocenters. The summed E-state index contributed by atoms with van der Waals surface area (Å²) >= 11 is 6.17. The van der Waals surface area contributed by atoms with E-state index < -0.39 is 5.60 Å². The number of morpholine rings is 1. The second-order valence-electron chi connectivity index (χ2n) is 10.6. The fraction of sp³-hybridized carbons (Fsp3) is 0.630. The minimum Gasteiger partial charge on any atom is -0.490 e. The van der Waals surface area contributed by atoms with Crippen LogP contribution in [0.3, 0.4) is 0 Å². The number of aromatic nitrogens is 2. The van der Waals surface area contributed by atoms with Crippen LogP contribution in [-0.2, 0) is 20.7 Å². The second kappa shape index (κ2) is 12.4. The highest BCUT2D eigenvalue weighted by molar-refractivity contribution is 6.31. The Kier molecular flexibility index (Phi) is 9.27. The second-order valence-corrected chi connectivity index (χ2v) is 11.0. The maximum absolute atomic E-state index is 13.4. The number of halogens is 1. The quantitative estimate of drug-likeness (QED) is 0.472. The molecule has 2 amide bonds. The smallest absolute Gasteiger partial charge is 0.227 e. The average Bonchev–Trinajstić information content (AvgIpc) is 3.38. The molecule has 0 radical (unpaired) electrons. The van der Waals surface area contributed by atoms with Gasteiger partial charge in [-0.25, -0.2) is 0 Å². The number of piperazine rings is 1. The van der Waals surface area contributed by atoms with Gasteiger partial charge in [-0.3, -0.25) is 9.59 Å². The summed E-state index contributed by atoms with van der Waals surface area (Å²) in [6.45, 7) is 10.1. The topological polar surface area (TPSA) is 101 Å². The van der Waals surface area contributed by atoms with Crippen molar-refractivity contribution in [3.8, 4) is 5.75 Å². The maximum atomic E-state index is 13.4. The fourth-order valence-electron chi connectivity index (χ4n) is 4.64. The summed E-state index contributed by atoms with van der Waals surface area (Å²) in [5.74, 6) is 1.85. The number of carbonyl (C=O) groups is 2. The summed E-state index contributed by atoms with van der Waals surface area (Å²) < 4.78 is 17.7. The van der Waals surface area contributed by atoms with Crippen molar-refractivity contribution in [2.24, 2.45) is 0 Å². The summed E-state index contributed by atoms with van der Waals surface area (Å²) in [5.41, 5.74) is -0.0632. The molecule has 2 aliphatic rings. The molecule has 38 heavy (non-hydrogen) atoms. The Morgan fingerprint density at radius 3 is 2.58 bits per heavy atom. The van der Waals surface area contributed by atoms with Crippen LogP contribution in [0.25, 0.3) is 0 Å². The Labute approximate surface area is 229 Å². The van der Waals surface area contributed by atoms with Crippen LogP contribution < -0.4 is 4.74 Å². The van der Waals surface area contributed by atoms with E-state index in [1.807, 2.05) is 31.7 Å². The highest BCUT2D eigenvalue weighted by atomic mass is 35.5. The maximum Gasteiger partial charge on any atom is 0.227 e. The Morgan fingerprint density at radius 2 is 1.89 bits per heavy atom. The fourth-order valence-corrected chi connectivity index (χ4v) is 4.76. The van der Waals surface area contributed by atoms with Gasteiger partial charge in [-0.2, -0.15) is 4.98 Å². The molecule has 1 aromatic heterocycles. The number of nitrogens with zero attached hydrogens (tertiary/aromatic N) is 5. The van der Waals surface area contributed by atoms with Gasteiger partial charge < -0.3 is 28.7 Å². The number of benzene rings is 1. The zero-order valence-corrected chi connectivity index (χ0v) is 23.5. The predicted octanol–water partition coefficient (Wildman–Crippen LogP) is 2.93. The SMILES string of the molecule is Cc1cc(OCC2(CC(=O)N3CCN(C)CC3)CN(C(=O)CCc3nc(C(C)C)no3)CCO2)ccc1Cl. The molecule has 0 saturated carbocycles. The number of hydrogen-bond acceptors (Lipinski definition) is 8. The third-order valence-corrected chi connectivity index (χ3v) is 7.54. The molecular formula is C27H38ClN5O5. The van der Waals surface area contributed by atoms with Crippen LogP contribution in [-0.4, -0.2) is 102 Å². The normalized spacial score (nSPS) is 20.7. The van der Waals surface area contributed by atoms with E-state index in [-0.39, 0.29) is 43.7 Å². The third kappa shape index (κ3) is 7.24. The first-order valence-corrected chi connectivity index (χ1v) is 13.6. The van der Waals surface area contributed by atoms with E-state index in [2.05, 4.69) is 22.1 Å². The Balaban J connectivity index is 1.44. The number of aryl methyl sites for hydroxylation is 2. The molecule has 3 heterocycles. The van der Waals surface area contributed by atoms with Crippen LogP contribution in [0, 0.1) is 6.92 Å². The summed E-state index contributed by atoms with van der Waals surface area (Å²) in [4.78, 5) is 36.8. The molecule has 0 spiro atoms. The van der Waals surface area contributed by atoms with Crippen LogP contribution in [0.2, 0.25) is 5.02 Å². The van der Waals surface area contributed by atoms with Gasteiger partial charge in [0.2, 0.25) is 17.7 Å². The van der Waals surface area contributed by atoms with E-state index in [0.29, 0.717) is 55.1 Å². The Morgan fingerprint density at radius 1 is 1.13 bits per heavy atom. The lowest BCUT2D eigenvalue weighted by molar-refractivity contribution is -0.166. The van der Waals surface area contributed by atoms with Crippen molar-refractivity contribution in [1.29, 1.82) is 0 Å². The molecule has 4 rings (SSSR count). The first kappa shape index (κ1) is 28.3. The monoisotopic (exact) mass is 547 g/mol. The van der Waals surface area contributed by atoms with E-state index in [1.165, 1.54) is 0 Å². The van der Waals surface area contributed by atoms with Gasteiger partial charge in [0.05, 0.1) is 19.6 Å². The molecule has 10 nitrogen and oxygen atoms in total. The molecule has 2 aromatic rings. The predicted molar refractivity (Wildman–Crippen MR) is 142 cm³/mol. The van der Waals surface area contributed by atoms with Gasteiger partial charge in [0.1, 0.15) is 18.0 Å². The number of amides is 2. The van der Waals surface area contributed by atoms with Crippen LogP contribution in [0.1, 0.15) is 49.9 Å². The Bertz CT molecular complexity index is 1120. The molecule has 2 saturated heterocycles. The molecule has 0 aliphatic carbocycles. The minimum absolute atomic E-state index is 0.00959. The van der Waals surface area contributed by atoms with Crippen molar-refractivity contribution in [2.45, 2.75) is 51.6 Å². The molecule has 1 aromatic carbocycles. The molecule has 2 fully saturated rings. The van der Waals surface area contributed by atoms with Gasteiger partial charge >= 0.3 is 0 Å². The van der Waals surface area contributed by atoms with E-state index in [1.54, 1.807) is 17.0 Å². The van der Waals surface area contributed by atoms with E-state index >= 15 is 0 Å². The van der Waals surface area contributed by atoms with Gasteiger partial charge in [0, 0.05) is 56.5 Å². The summed E-state index contributed by atoms with van der Waals surface area (Å²) in [6, 6.07) is 5.45. The summed E-state index contributed by atoms with van der Waals surface area (Å²) in [5, 5.41) is 4.63. The van der Waals surface area contributed by atoms with Crippen LogP contribution in [0.5, 0.6) is 5.75 Å². The highest BCUT2D eigenvalue weighted by Gasteiger charge is 2.42. The molecular weight excluding hydrogens is 510 g/mol. The summed E-state index contributed by atoms with van der Waals surface area (Å²) in [6.07, 6.45) is 0.734. The van der Waals surface area contributed by atoms with Crippen molar-refractivity contribution in [2.75, 3.05) is 59.5 Å². The van der Waals surface area contributed by atoms with Gasteiger partial charge in [0.25, 0.3) is 0 Å². The van der Waals surface area contributed by atoms with Crippen molar-refractivity contribution in [1.82, 2.24) is 24.8 Å². The Hall–Kier alpha value is -2.69. The lowest BCUT2D eigenvalue weighted by Crippen LogP contribution is -2.59. The number of ether oxygens (including phenoxy) is 2. The molecule has 0 bridgehead atoms. The van der Waals surface area contributed by atoms with Crippen molar-refractivity contribution in [3.63, 3.8) is 0 Å². The van der Waals surface area contributed by atoms with Gasteiger partial charge in [0.15, 0.2) is 5.82 Å².